The number of halogens is 1. The second kappa shape index (κ2) is 6.80. The van der Waals surface area contributed by atoms with Crippen LogP contribution in [0.4, 0.5) is 0 Å². The summed E-state index contributed by atoms with van der Waals surface area (Å²) in [5, 5.41) is 0. The van der Waals surface area contributed by atoms with Crippen LogP contribution < -0.4 is 4.74 Å². The monoisotopic (exact) mass is 360 g/mol. The number of nitrogens with zero attached hydrogens (tertiary/aromatic N) is 2. The zero-order chi connectivity index (χ0) is 15.5. The number of rotatable bonds is 4. The molecule has 0 N–H and O–H groups in total. The van der Waals surface area contributed by atoms with E-state index >= 15 is 0 Å². The average Bonchev–Trinajstić information content (AvgIpc) is 3.04. The van der Waals surface area contributed by atoms with E-state index in [9.17, 15) is 0 Å². The Morgan fingerprint density at radius 3 is 2.73 bits per heavy atom. The number of ether oxygens (including phenoxy) is 1. The van der Waals surface area contributed by atoms with Crippen LogP contribution in [0.15, 0.2) is 47.2 Å². The maximum atomic E-state index is 5.25. The summed E-state index contributed by atoms with van der Waals surface area (Å²) in [5.74, 6) is 0.909. The number of methoxy groups -OCH3 is 1. The molecule has 2 unspecified atom stereocenters. The molecule has 3 nitrogen and oxygen atoms in total. The highest BCUT2D eigenvalue weighted by Gasteiger charge is 2.30. The Hall–Kier alpha value is -1.39. The van der Waals surface area contributed by atoms with Gasteiger partial charge in [0.05, 0.1) is 7.11 Å². The van der Waals surface area contributed by atoms with Crippen molar-refractivity contribution in [3.8, 4) is 5.75 Å². The summed E-state index contributed by atoms with van der Waals surface area (Å²) >= 11 is 3.48. The van der Waals surface area contributed by atoms with Crippen molar-refractivity contribution >= 4 is 15.9 Å². The number of hydrogen-bond donors (Lipinski definition) is 0. The average molecular weight is 361 g/mol. The second-order valence-corrected chi connectivity index (χ2v) is 6.57. The molecule has 3 rings (SSSR count). The molecule has 0 bridgehead atoms. The smallest absolute Gasteiger partial charge is 0.118 e. The predicted octanol–water partition coefficient (Wildman–Crippen LogP) is 4.75. The van der Waals surface area contributed by atoms with Gasteiger partial charge in [0.2, 0.25) is 0 Å². The summed E-state index contributed by atoms with van der Waals surface area (Å²) in [7, 11) is 1.70. The van der Waals surface area contributed by atoms with Crippen LogP contribution in [0.1, 0.15) is 43.0 Å². The largest absolute Gasteiger partial charge is 0.497 e. The Balaban J connectivity index is 1.82. The van der Waals surface area contributed by atoms with Crippen LogP contribution in [0.3, 0.4) is 0 Å². The van der Waals surface area contributed by atoms with Gasteiger partial charge in [-0.25, -0.2) is 4.98 Å². The van der Waals surface area contributed by atoms with Crippen molar-refractivity contribution in [3.05, 3.63) is 58.3 Å². The normalized spacial score (nSPS) is 20.0. The third-order valence-electron chi connectivity index (χ3n) is 4.53. The molecule has 0 saturated carbocycles. The van der Waals surface area contributed by atoms with Crippen LogP contribution in [-0.4, -0.2) is 23.5 Å². The van der Waals surface area contributed by atoms with Crippen LogP contribution >= 0.6 is 15.9 Å². The van der Waals surface area contributed by atoms with Gasteiger partial charge in [0.25, 0.3) is 0 Å². The molecule has 4 heteroatoms. The Labute approximate surface area is 140 Å². The van der Waals surface area contributed by atoms with Crippen molar-refractivity contribution in [2.24, 2.45) is 0 Å². The Morgan fingerprint density at radius 1 is 1.27 bits per heavy atom. The summed E-state index contributed by atoms with van der Waals surface area (Å²) < 4.78 is 6.16. The van der Waals surface area contributed by atoms with E-state index in [-0.39, 0.29) is 0 Å². The summed E-state index contributed by atoms with van der Waals surface area (Å²) in [6.07, 6.45) is 4.33. The number of pyridine rings is 1. The van der Waals surface area contributed by atoms with Gasteiger partial charge in [0.1, 0.15) is 10.4 Å². The molecule has 1 aromatic heterocycles. The molecule has 1 aliphatic heterocycles. The van der Waals surface area contributed by atoms with E-state index in [2.05, 4.69) is 57.0 Å². The first kappa shape index (κ1) is 15.5. The van der Waals surface area contributed by atoms with E-state index in [1.807, 2.05) is 18.3 Å². The minimum atomic E-state index is 0.394. The van der Waals surface area contributed by atoms with E-state index in [1.165, 1.54) is 24.0 Å². The quantitative estimate of drug-likeness (QED) is 0.735. The van der Waals surface area contributed by atoms with Crippen molar-refractivity contribution in [2.45, 2.75) is 31.8 Å². The van der Waals surface area contributed by atoms with E-state index in [0.29, 0.717) is 12.1 Å². The molecule has 1 fully saturated rings. The molecule has 2 heterocycles. The molecule has 0 radical (unpaired) electrons. The molecule has 2 atom stereocenters. The van der Waals surface area contributed by atoms with Crippen LogP contribution in [0, 0.1) is 0 Å². The van der Waals surface area contributed by atoms with Gasteiger partial charge in [-0.15, -0.1) is 0 Å². The molecule has 2 aromatic rings. The van der Waals surface area contributed by atoms with Crippen LogP contribution in [0.5, 0.6) is 5.75 Å². The topological polar surface area (TPSA) is 25.4 Å². The van der Waals surface area contributed by atoms with Crippen LogP contribution in [-0.2, 0) is 0 Å². The highest BCUT2D eigenvalue weighted by molar-refractivity contribution is 9.10. The lowest BCUT2D eigenvalue weighted by atomic mass is 10.0. The first-order valence-electron chi connectivity index (χ1n) is 7.70. The molecule has 0 spiro atoms. The summed E-state index contributed by atoms with van der Waals surface area (Å²) in [6, 6.07) is 13.6. The Bertz CT molecular complexity index is 629. The van der Waals surface area contributed by atoms with E-state index in [4.69, 9.17) is 4.74 Å². The standard InChI is InChI=1S/C18H21BrN2O/c1-13(14-5-7-16(22-2)8-6-14)21-11-3-4-17(21)15-9-10-20-18(19)12-15/h5-10,12-13,17H,3-4,11H2,1-2H3. The van der Waals surface area contributed by atoms with Gasteiger partial charge >= 0.3 is 0 Å². The molecular formula is C18H21BrN2O. The molecule has 1 aliphatic rings. The number of aromatic nitrogens is 1. The zero-order valence-electron chi connectivity index (χ0n) is 13.0. The maximum absolute atomic E-state index is 5.25. The van der Waals surface area contributed by atoms with Crippen LogP contribution in [0.25, 0.3) is 0 Å². The van der Waals surface area contributed by atoms with Gasteiger partial charge in [0.15, 0.2) is 0 Å². The van der Waals surface area contributed by atoms with E-state index in [1.54, 1.807) is 7.11 Å². The molecule has 116 valence electrons. The SMILES string of the molecule is COc1ccc(C(C)N2CCCC2c2ccnc(Br)c2)cc1. The number of likely N-dealkylation sites (tertiary alicyclic amines) is 1. The van der Waals surface area contributed by atoms with Crippen molar-refractivity contribution in [3.63, 3.8) is 0 Å². The van der Waals surface area contributed by atoms with Gasteiger partial charge in [-0.05, 0) is 77.6 Å². The maximum Gasteiger partial charge on any atom is 0.118 e. The lowest BCUT2D eigenvalue weighted by Gasteiger charge is -2.31. The Morgan fingerprint density at radius 2 is 2.05 bits per heavy atom. The number of benzene rings is 1. The minimum absolute atomic E-state index is 0.394. The fourth-order valence-corrected chi connectivity index (χ4v) is 3.69. The fraction of sp³-hybridized carbons (Fsp3) is 0.389. The van der Waals surface area contributed by atoms with E-state index < -0.39 is 0 Å². The van der Waals surface area contributed by atoms with Gasteiger partial charge in [0, 0.05) is 18.3 Å². The van der Waals surface area contributed by atoms with Gasteiger partial charge in [-0.1, -0.05) is 12.1 Å². The molecule has 1 saturated heterocycles. The third-order valence-corrected chi connectivity index (χ3v) is 4.96. The van der Waals surface area contributed by atoms with Gasteiger partial charge in [-0.2, -0.15) is 0 Å². The third kappa shape index (κ3) is 3.18. The van der Waals surface area contributed by atoms with Crippen LogP contribution in [0.2, 0.25) is 0 Å². The van der Waals surface area contributed by atoms with Gasteiger partial charge in [-0.3, -0.25) is 4.90 Å². The molecule has 0 aliphatic carbocycles. The van der Waals surface area contributed by atoms with Gasteiger partial charge < -0.3 is 4.74 Å². The molecular weight excluding hydrogens is 340 g/mol. The van der Waals surface area contributed by atoms with Crippen molar-refractivity contribution < 1.29 is 4.74 Å². The zero-order valence-corrected chi connectivity index (χ0v) is 14.6. The lowest BCUT2D eigenvalue weighted by Crippen LogP contribution is -2.26. The molecule has 22 heavy (non-hydrogen) atoms. The highest BCUT2D eigenvalue weighted by Crippen LogP contribution is 2.39. The van der Waals surface area contributed by atoms with E-state index in [0.717, 1.165) is 16.9 Å². The second-order valence-electron chi connectivity index (χ2n) is 5.76. The summed E-state index contributed by atoms with van der Waals surface area (Å²) in [6.45, 7) is 3.42. The first-order valence-corrected chi connectivity index (χ1v) is 8.49. The first-order chi connectivity index (χ1) is 10.7. The number of hydrogen-bond acceptors (Lipinski definition) is 3. The molecule has 1 aromatic carbocycles. The summed E-state index contributed by atoms with van der Waals surface area (Å²) in [5.41, 5.74) is 2.68. The summed E-state index contributed by atoms with van der Waals surface area (Å²) in [4.78, 5) is 6.83. The molecule has 0 amide bonds. The Kier molecular flexibility index (Phi) is 4.79. The predicted molar refractivity (Wildman–Crippen MR) is 92.0 cm³/mol. The lowest BCUT2D eigenvalue weighted by molar-refractivity contribution is 0.194. The fourth-order valence-electron chi connectivity index (χ4n) is 3.31. The van der Waals surface area contributed by atoms with Crippen molar-refractivity contribution in [1.29, 1.82) is 0 Å². The highest BCUT2D eigenvalue weighted by atomic mass is 79.9. The minimum Gasteiger partial charge on any atom is -0.497 e. The van der Waals surface area contributed by atoms with Crippen molar-refractivity contribution in [2.75, 3.05) is 13.7 Å². The van der Waals surface area contributed by atoms with Crippen molar-refractivity contribution in [1.82, 2.24) is 9.88 Å².